The quantitative estimate of drug-likeness (QED) is 0.569. The average Bonchev–Trinajstić information content (AvgIpc) is 2.65. The van der Waals surface area contributed by atoms with Crippen molar-refractivity contribution in [1.82, 2.24) is 0 Å². The number of esters is 1. The van der Waals surface area contributed by atoms with Crippen molar-refractivity contribution in [2.24, 2.45) is 0 Å². The summed E-state index contributed by atoms with van der Waals surface area (Å²) in [5.74, 6) is -2.08. The number of hydrogen-bond acceptors (Lipinski definition) is 5. The normalized spacial score (nSPS) is 10.1. The van der Waals surface area contributed by atoms with Crippen molar-refractivity contribution in [2.75, 3.05) is 11.9 Å². The largest absolute Gasteiger partial charge is 0.456 e. The zero-order valence-electron chi connectivity index (χ0n) is 14.7. The highest BCUT2D eigenvalue weighted by Crippen LogP contribution is 2.10. The van der Waals surface area contributed by atoms with Crippen molar-refractivity contribution in [3.63, 3.8) is 0 Å². The second-order valence-corrected chi connectivity index (χ2v) is 5.77. The SMILES string of the molecule is CC(=O)c1ccc(NC(=O)COC(=O)CCC(=O)c2ccc(F)cc2)cc1. The number of amides is 1. The zero-order valence-corrected chi connectivity index (χ0v) is 14.7. The lowest BCUT2D eigenvalue weighted by molar-refractivity contribution is -0.147. The molecule has 0 aliphatic carbocycles. The summed E-state index contributed by atoms with van der Waals surface area (Å²) in [7, 11) is 0. The summed E-state index contributed by atoms with van der Waals surface area (Å²) in [5, 5.41) is 2.53. The van der Waals surface area contributed by atoms with Gasteiger partial charge in [0.15, 0.2) is 18.2 Å². The molecule has 0 aliphatic rings. The number of carbonyl (C=O) groups is 4. The number of ketones is 2. The van der Waals surface area contributed by atoms with Crippen molar-refractivity contribution >= 4 is 29.1 Å². The first-order valence-electron chi connectivity index (χ1n) is 8.20. The van der Waals surface area contributed by atoms with Crippen molar-refractivity contribution in [1.29, 1.82) is 0 Å². The van der Waals surface area contributed by atoms with Crippen molar-refractivity contribution in [3.8, 4) is 0 Å². The summed E-state index contributed by atoms with van der Waals surface area (Å²) >= 11 is 0. The molecular formula is C20H18FNO5. The van der Waals surface area contributed by atoms with E-state index in [9.17, 15) is 23.6 Å². The topological polar surface area (TPSA) is 89.5 Å². The van der Waals surface area contributed by atoms with Crippen LogP contribution in [0.25, 0.3) is 0 Å². The predicted octanol–water partition coefficient (Wildman–Crippen LogP) is 3.17. The van der Waals surface area contributed by atoms with Crippen molar-refractivity contribution in [2.45, 2.75) is 19.8 Å². The summed E-state index contributed by atoms with van der Waals surface area (Å²) in [6.07, 6.45) is -0.282. The van der Waals surface area contributed by atoms with Gasteiger partial charge in [0.2, 0.25) is 0 Å². The number of ether oxygens (including phenoxy) is 1. The molecule has 0 fully saturated rings. The first kappa shape index (κ1) is 20.0. The molecule has 1 N–H and O–H groups in total. The van der Waals surface area contributed by atoms with Gasteiger partial charge in [0.1, 0.15) is 5.82 Å². The minimum absolute atomic E-state index is 0.0861. The van der Waals surface area contributed by atoms with Crippen LogP contribution in [0.3, 0.4) is 0 Å². The molecule has 2 aromatic carbocycles. The third-order valence-corrected chi connectivity index (χ3v) is 3.66. The first-order valence-corrected chi connectivity index (χ1v) is 8.20. The molecule has 0 aromatic heterocycles. The Balaban J connectivity index is 1.72. The third kappa shape index (κ3) is 6.47. The fourth-order valence-electron chi connectivity index (χ4n) is 2.20. The molecular weight excluding hydrogens is 353 g/mol. The fraction of sp³-hybridized carbons (Fsp3) is 0.200. The van der Waals surface area contributed by atoms with E-state index in [1.54, 1.807) is 24.3 Å². The molecule has 0 spiro atoms. The number of carbonyl (C=O) groups excluding carboxylic acids is 4. The molecule has 0 unspecified atom stereocenters. The predicted molar refractivity (Wildman–Crippen MR) is 96.0 cm³/mol. The van der Waals surface area contributed by atoms with Gasteiger partial charge in [-0.25, -0.2) is 4.39 Å². The summed E-state index contributed by atoms with van der Waals surface area (Å²) in [6.45, 7) is 0.950. The maximum absolute atomic E-state index is 12.8. The molecule has 0 saturated carbocycles. The number of rotatable bonds is 8. The lowest BCUT2D eigenvalue weighted by Crippen LogP contribution is -2.21. The fourth-order valence-corrected chi connectivity index (χ4v) is 2.20. The summed E-state index contributed by atoms with van der Waals surface area (Å²) in [6, 6.07) is 11.3. The van der Waals surface area contributed by atoms with Crippen LogP contribution in [0.4, 0.5) is 10.1 Å². The molecule has 0 atom stereocenters. The van der Waals surface area contributed by atoms with Gasteiger partial charge in [-0.2, -0.15) is 0 Å². The minimum Gasteiger partial charge on any atom is -0.456 e. The van der Waals surface area contributed by atoms with Crippen LogP contribution in [0, 0.1) is 5.82 Å². The molecule has 27 heavy (non-hydrogen) atoms. The van der Waals surface area contributed by atoms with Gasteiger partial charge in [0.05, 0.1) is 6.42 Å². The van der Waals surface area contributed by atoms with Crippen LogP contribution in [-0.4, -0.2) is 30.0 Å². The number of hydrogen-bond donors (Lipinski definition) is 1. The van der Waals surface area contributed by atoms with Crippen LogP contribution < -0.4 is 5.32 Å². The van der Waals surface area contributed by atoms with Gasteiger partial charge in [-0.15, -0.1) is 0 Å². The lowest BCUT2D eigenvalue weighted by atomic mass is 10.1. The van der Waals surface area contributed by atoms with E-state index < -0.39 is 24.3 Å². The Morgan fingerprint density at radius 3 is 2.07 bits per heavy atom. The Bertz CT molecular complexity index is 844. The molecule has 0 bridgehead atoms. The van der Waals surface area contributed by atoms with Crippen LogP contribution in [0.1, 0.15) is 40.5 Å². The van der Waals surface area contributed by atoms with Gasteiger partial charge in [-0.1, -0.05) is 0 Å². The standard InChI is InChI=1S/C20H18FNO5/c1-13(23)14-4-8-17(9-5-14)22-19(25)12-27-20(26)11-10-18(24)15-2-6-16(21)7-3-15/h2-9H,10-12H2,1H3,(H,22,25). The van der Waals surface area contributed by atoms with E-state index in [-0.39, 0.29) is 24.4 Å². The molecule has 140 valence electrons. The van der Waals surface area contributed by atoms with Crippen LogP contribution in [0.15, 0.2) is 48.5 Å². The summed E-state index contributed by atoms with van der Waals surface area (Å²) in [5.41, 5.74) is 1.29. The van der Waals surface area contributed by atoms with E-state index in [1.807, 2.05) is 0 Å². The Morgan fingerprint density at radius 2 is 1.48 bits per heavy atom. The summed E-state index contributed by atoms with van der Waals surface area (Å²) < 4.78 is 17.6. The molecule has 6 nitrogen and oxygen atoms in total. The molecule has 2 rings (SSSR count). The smallest absolute Gasteiger partial charge is 0.306 e. The van der Waals surface area contributed by atoms with Crippen LogP contribution in [0.2, 0.25) is 0 Å². The highest BCUT2D eigenvalue weighted by molar-refractivity contribution is 5.98. The van der Waals surface area contributed by atoms with Crippen molar-refractivity contribution < 1.29 is 28.3 Å². The van der Waals surface area contributed by atoms with Gasteiger partial charge in [0.25, 0.3) is 5.91 Å². The Morgan fingerprint density at radius 1 is 0.889 bits per heavy atom. The second-order valence-electron chi connectivity index (χ2n) is 5.77. The van der Waals surface area contributed by atoms with Gasteiger partial charge in [0, 0.05) is 23.2 Å². The Hall–Kier alpha value is -3.35. The Kier molecular flexibility index (Phi) is 6.93. The maximum Gasteiger partial charge on any atom is 0.306 e. The van der Waals surface area contributed by atoms with Gasteiger partial charge < -0.3 is 10.1 Å². The molecule has 2 aromatic rings. The van der Waals surface area contributed by atoms with E-state index in [4.69, 9.17) is 4.74 Å². The molecule has 0 saturated heterocycles. The van der Waals surface area contributed by atoms with E-state index in [1.165, 1.54) is 31.2 Å². The second kappa shape index (κ2) is 9.38. The number of nitrogens with one attached hydrogen (secondary N) is 1. The highest BCUT2D eigenvalue weighted by Gasteiger charge is 2.12. The van der Waals surface area contributed by atoms with Crippen LogP contribution in [0.5, 0.6) is 0 Å². The van der Waals surface area contributed by atoms with Gasteiger partial charge in [-0.05, 0) is 55.5 Å². The van der Waals surface area contributed by atoms with E-state index in [0.717, 1.165) is 0 Å². The number of anilines is 1. The number of Topliss-reactive ketones (excluding diaryl/α,β-unsaturated/α-hetero) is 2. The molecule has 0 aliphatic heterocycles. The van der Waals surface area contributed by atoms with E-state index in [2.05, 4.69) is 5.32 Å². The van der Waals surface area contributed by atoms with Crippen LogP contribution in [-0.2, 0) is 14.3 Å². The molecule has 0 radical (unpaired) electrons. The highest BCUT2D eigenvalue weighted by atomic mass is 19.1. The average molecular weight is 371 g/mol. The zero-order chi connectivity index (χ0) is 19.8. The van der Waals surface area contributed by atoms with Crippen LogP contribution >= 0.6 is 0 Å². The summed E-state index contributed by atoms with van der Waals surface area (Å²) in [4.78, 5) is 46.5. The number of benzene rings is 2. The van der Waals surface area contributed by atoms with Gasteiger partial charge >= 0.3 is 5.97 Å². The number of halogens is 1. The maximum atomic E-state index is 12.8. The molecule has 1 amide bonds. The third-order valence-electron chi connectivity index (χ3n) is 3.66. The first-order chi connectivity index (χ1) is 12.8. The minimum atomic E-state index is -0.687. The Labute approximate surface area is 155 Å². The monoisotopic (exact) mass is 371 g/mol. The van der Waals surface area contributed by atoms with Crippen molar-refractivity contribution in [3.05, 3.63) is 65.5 Å². The molecule has 7 heteroatoms. The van der Waals surface area contributed by atoms with E-state index >= 15 is 0 Å². The molecule has 0 heterocycles. The van der Waals surface area contributed by atoms with E-state index in [0.29, 0.717) is 16.8 Å². The van der Waals surface area contributed by atoms with Gasteiger partial charge in [-0.3, -0.25) is 19.2 Å². The lowest BCUT2D eigenvalue weighted by Gasteiger charge is -2.07.